The smallest absolute Gasteiger partial charge is 0.358 e. The zero-order valence-electron chi connectivity index (χ0n) is 8.63. The van der Waals surface area contributed by atoms with E-state index >= 15 is 0 Å². The molecular formula is C10H13F3N2S. The fraction of sp³-hybridized carbons (Fsp3) is 0.700. The molecule has 6 heteroatoms. The summed E-state index contributed by atoms with van der Waals surface area (Å²) >= 11 is 1.34. The lowest BCUT2D eigenvalue weighted by Crippen LogP contribution is -2.41. The minimum Gasteiger partial charge on any atom is -0.358 e. The molecule has 1 aliphatic carbocycles. The lowest BCUT2D eigenvalue weighted by atomic mass is 9.84. The normalized spacial score (nSPS) is 26.7. The summed E-state index contributed by atoms with van der Waals surface area (Å²) in [6.45, 7) is 0. The predicted molar refractivity (Wildman–Crippen MR) is 57.5 cm³/mol. The van der Waals surface area contributed by atoms with Crippen LogP contribution in [0.25, 0.3) is 0 Å². The van der Waals surface area contributed by atoms with E-state index in [1.807, 2.05) is 0 Å². The topological polar surface area (TPSA) is 24.9 Å². The molecule has 1 saturated carbocycles. The van der Waals surface area contributed by atoms with E-state index < -0.39 is 18.1 Å². The minimum absolute atomic E-state index is 0.229. The third-order valence-corrected chi connectivity index (χ3v) is 3.63. The molecule has 2 unspecified atom stereocenters. The second-order valence-corrected chi connectivity index (χ2v) is 4.92. The van der Waals surface area contributed by atoms with E-state index in [4.69, 9.17) is 0 Å². The summed E-state index contributed by atoms with van der Waals surface area (Å²) in [5, 5.41) is 5.25. The second kappa shape index (κ2) is 4.61. The maximum atomic E-state index is 12.8. The molecule has 16 heavy (non-hydrogen) atoms. The molecule has 1 aromatic rings. The zero-order valence-corrected chi connectivity index (χ0v) is 9.44. The molecule has 1 heterocycles. The van der Waals surface area contributed by atoms with Gasteiger partial charge in [-0.1, -0.05) is 12.8 Å². The van der Waals surface area contributed by atoms with Crippen molar-refractivity contribution in [3.63, 3.8) is 0 Å². The molecule has 90 valence electrons. The van der Waals surface area contributed by atoms with Gasteiger partial charge in [-0.25, -0.2) is 4.98 Å². The van der Waals surface area contributed by atoms with Gasteiger partial charge in [-0.3, -0.25) is 0 Å². The summed E-state index contributed by atoms with van der Waals surface area (Å²) < 4.78 is 38.3. The van der Waals surface area contributed by atoms with Gasteiger partial charge in [0.1, 0.15) is 0 Å². The first-order chi connectivity index (χ1) is 7.57. The van der Waals surface area contributed by atoms with E-state index in [1.165, 1.54) is 11.3 Å². The van der Waals surface area contributed by atoms with Crippen molar-refractivity contribution in [1.82, 2.24) is 4.98 Å². The molecule has 0 amide bonds. The molecule has 2 atom stereocenters. The standard InChI is InChI=1S/C10H13F3N2S/c11-10(12,13)7-3-1-2-4-8(7)15-9-14-5-6-16-9/h5-8H,1-4H2,(H,14,15). The second-order valence-electron chi connectivity index (χ2n) is 4.02. The van der Waals surface area contributed by atoms with E-state index in [-0.39, 0.29) is 6.42 Å². The number of rotatable bonds is 2. The van der Waals surface area contributed by atoms with Gasteiger partial charge in [0.2, 0.25) is 0 Å². The lowest BCUT2D eigenvalue weighted by Gasteiger charge is -2.33. The highest BCUT2D eigenvalue weighted by molar-refractivity contribution is 7.13. The van der Waals surface area contributed by atoms with Gasteiger partial charge in [0.25, 0.3) is 0 Å². The van der Waals surface area contributed by atoms with Gasteiger partial charge in [0.05, 0.1) is 5.92 Å². The quantitative estimate of drug-likeness (QED) is 0.866. The maximum absolute atomic E-state index is 12.8. The largest absolute Gasteiger partial charge is 0.393 e. The molecule has 1 aromatic heterocycles. The number of thiazole rings is 1. The summed E-state index contributed by atoms with van der Waals surface area (Å²) in [7, 11) is 0. The van der Waals surface area contributed by atoms with Crippen molar-refractivity contribution in [3.05, 3.63) is 11.6 Å². The molecule has 1 aliphatic rings. The van der Waals surface area contributed by atoms with Crippen LogP contribution >= 0.6 is 11.3 Å². The van der Waals surface area contributed by atoms with E-state index in [0.29, 0.717) is 18.0 Å². The van der Waals surface area contributed by atoms with Crippen LogP contribution in [0.3, 0.4) is 0 Å². The van der Waals surface area contributed by atoms with E-state index in [9.17, 15) is 13.2 Å². The van der Waals surface area contributed by atoms with Gasteiger partial charge in [0.15, 0.2) is 5.13 Å². The van der Waals surface area contributed by atoms with Gasteiger partial charge in [0, 0.05) is 17.6 Å². The maximum Gasteiger partial charge on any atom is 0.393 e. The number of aromatic nitrogens is 1. The van der Waals surface area contributed by atoms with Gasteiger partial charge in [-0.2, -0.15) is 13.2 Å². The van der Waals surface area contributed by atoms with Crippen molar-refractivity contribution >= 4 is 16.5 Å². The van der Waals surface area contributed by atoms with Crippen LogP contribution in [-0.4, -0.2) is 17.2 Å². The first kappa shape index (κ1) is 11.7. The molecule has 2 nitrogen and oxygen atoms in total. The first-order valence-corrected chi connectivity index (χ1v) is 6.18. The average Bonchev–Trinajstić information content (AvgIpc) is 2.70. The Hall–Kier alpha value is -0.780. The van der Waals surface area contributed by atoms with E-state index in [1.54, 1.807) is 11.6 Å². The summed E-state index contributed by atoms with van der Waals surface area (Å²) in [4.78, 5) is 3.97. The third-order valence-electron chi connectivity index (χ3n) is 2.93. The predicted octanol–water partition coefficient (Wildman–Crippen LogP) is 3.68. The Bertz CT molecular complexity index is 323. The molecule has 0 radical (unpaired) electrons. The van der Waals surface area contributed by atoms with Gasteiger partial charge < -0.3 is 5.32 Å². The molecule has 0 aliphatic heterocycles. The van der Waals surface area contributed by atoms with Gasteiger partial charge in [-0.05, 0) is 12.8 Å². The number of hydrogen-bond donors (Lipinski definition) is 1. The first-order valence-electron chi connectivity index (χ1n) is 5.30. The summed E-state index contributed by atoms with van der Waals surface area (Å²) in [6, 6.07) is -0.514. The van der Waals surface area contributed by atoms with Crippen LogP contribution in [0.1, 0.15) is 25.7 Å². The summed E-state index contributed by atoms with van der Waals surface area (Å²) in [5.41, 5.74) is 0. The molecule has 1 N–H and O–H groups in total. The van der Waals surface area contributed by atoms with Crippen molar-refractivity contribution < 1.29 is 13.2 Å². The average molecular weight is 250 g/mol. The molecule has 0 saturated heterocycles. The van der Waals surface area contributed by atoms with E-state index in [0.717, 1.165) is 6.42 Å². The third kappa shape index (κ3) is 2.66. The molecule has 2 rings (SSSR count). The number of halogens is 3. The fourth-order valence-electron chi connectivity index (χ4n) is 2.15. The van der Waals surface area contributed by atoms with Crippen molar-refractivity contribution in [2.45, 2.75) is 37.9 Å². The van der Waals surface area contributed by atoms with Crippen LogP contribution in [0, 0.1) is 5.92 Å². The van der Waals surface area contributed by atoms with Crippen molar-refractivity contribution in [3.8, 4) is 0 Å². The summed E-state index contributed by atoms with van der Waals surface area (Å²) in [5.74, 6) is -1.23. The number of alkyl halides is 3. The molecule has 0 bridgehead atoms. The Morgan fingerprint density at radius 3 is 2.69 bits per heavy atom. The Kier molecular flexibility index (Phi) is 3.37. The summed E-state index contributed by atoms with van der Waals surface area (Å²) in [6.07, 6.45) is -0.181. The van der Waals surface area contributed by atoms with Gasteiger partial charge >= 0.3 is 6.18 Å². The number of hydrogen-bond acceptors (Lipinski definition) is 3. The SMILES string of the molecule is FC(F)(F)C1CCCCC1Nc1nccs1. The molecule has 0 spiro atoms. The fourth-order valence-corrected chi connectivity index (χ4v) is 2.74. The van der Waals surface area contributed by atoms with E-state index in [2.05, 4.69) is 10.3 Å². The number of nitrogens with zero attached hydrogens (tertiary/aromatic N) is 1. The molecular weight excluding hydrogens is 237 g/mol. The van der Waals surface area contributed by atoms with Crippen molar-refractivity contribution in [2.24, 2.45) is 5.92 Å². The Morgan fingerprint density at radius 2 is 2.06 bits per heavy atom. The van der Waals surface area contributed by atoms with Crippen LogP contribution in [0.2, 0.25) is 0 Å². The highest BCUT2D eigenvalue weighted by Gasteiger charge is 2.45. The van der Waals surface area contributed by atoms with Crippen LogP contribution in [0.4, 0.5) is 18.3 Å². The lowest BCUT2D eigenvalue weighted by molar-refractivity contribution is -0.184. The van der Waals surface area contributed by atoms with Crippen LogP contribution in [0.5, 0.6) is 0 Å². The Morgan fingerprint density at radius 1 is 1.31 bits per heavy atom. The van der Waals surface area contributed by atoms with Crippen molar-refractivity contribution in [1.29, 1.82) is 0 Å². The highest BCUT2D eigenvalue weighted by atomic mass is 32.1. The monoisotopic (exact) mass is 250 g/mol. The van der Waals surface area contributed by atoms with Gasteiger partial charge in [-0.15, -0.1) is 11.3 Å². The highest BCUT2D eigenvalue weighted by Crippen LogP contribution is 2.39. The van der Waals surface area contributed by atoms with Crippen LogP contribution < -0.4 is 5.32 Å². The number of nitrogens with one attached hydrogen (secondary N) is 1. The minimum atomic E-state index is -4.10. The molecule has 1 fully saturated rings. The van der Waals surface area contributed by atoms with Crippen LogP contribution in [-0.2, 0) is 0 Å². The van der Waals surface area contributed by atoms with Crippen molar-refractivity contribution in [2.75, 3.05) is 5.32 Å². The van der Waals surface area contributed by atoms with Crippen LogP contribution in [0.15, 0.2) is 11.6 Å². The Labute approximate surface area is 95.9 Å². The zero-order chi connectivity index (χ0) is 11.6. The number of anilines is 1. The molecule has 0 aromatic carbocycles. The Balaban J connectivity index is 2.05.